The van der Waals surface area contributed by atoms with E-state index in [1.54, 1.807) is 11.0 Å². The molecule has 0 radical (unpaired) electrons. The maximum Gasteiger partial charge on any atom is 0.363 e. The summed E-state index contributed by atoms with van der Waals surface area (Å²) in [5.41, 5.74) is 2.52. The van der Waals surface area contributed by atoms with E-state index in [1.165, 1.54) is 0 Å². The minimum Gasteiger partial charge on any atom is -0.493 e. The predicted octanol–water partition coefficient (Wildman–Crippen LogP) is 3.56. The molecule has 6 heteroatoms. The fourth-order valence-corrected chi connectivity index (χ4v) is 3.27. The third kappa shape index (κ3) is 3.53. The van der Waals surface area contributed by atoms with Gasteiger partial charge in [-0.05, 0) is 49.8 Å². The molecule has 0 saturated carbocycles. The molecule has 0 bridgehead atoms. The summed E-state index contributed by atoms with van der Waals surface area (Å²) in [6, 6.07) is 14.8. The van der Waals surface area contributed by atoms with Gasteiger partial charge in [-0.25, -0.2) is 9.79 Å². The van der Waals surface area contributed by atoms with Gasteiger partial charge in [0.2, 0.25) is 11.8 Å². The number of amides is 1. The number of para-hydroxylation sites is 1. The molecule has 2 aromatic carbocycles. The minimum absolute atomic E-state index is 0.135. The lowest BCUT2D eigenvalue weighted by Gasteiger charge is -2.15. The molecule has 0 unspecified atom stereocenters. The first-order valence-corrected chi connectivity index (χ1v) is 9.31. The molecule has 2 aliphatic heterocycles. The van der Waals surface area contributed by atoms with Crippen LogP contribution in [-0.4, -0.2) is 30.9 Å². The first-order chi connectivity index (χ1) is 13.7. The Kier molecular flexibility index (Phi) is 4.93. The van der Waals surface area contributed by atoms with Crippen LogP contribution in [0.2, 0.25) is 0 Å². The highest BCUT2D eigenvalue weighted by molar-refractivity contribution is 6.13. The van der Waals surface area contributed by atoms with E-state index in [9.17, 15) is 9.59 Å². The van der Waals surface area contributed by atoms with Crippen LogP contribution in [0.5, 0.6) is 5.75 Å². The molecule has 28 heavy (non-hydrogen) atoms. The molecule has 1 fully saturated rings. The number of nitrogens with zero attached hydrogens (tertiary/aromatic N) is 2. The Morgan fingerprint density at radius 1 is 1.14 bits per heavy atom. The standard InChI is InChI=1S/C22H20N2O4/c1-2-27-19-7-4-3-6-16(19)14-18-22(26)28-21(23-18)15-9-11-17(12-10-15)24-13-5-8-20(24)25/h3-4,6-7,9-12,14H,2,5,8,13H2,1H3. The zero-order valence-electron chi connectivity index (χ0n) is 15.6. The molecule has 0 aliphatic carbocycles. The highest BCUT2D eigenvalue weighted by Gasteiger charge is 2.26. The Morgan fingerprint density at radius 3 is 2.64 bits per heavy atom. The van der Waals surface area contributed by atoms with E-state index in [-0.39, 0.29) is 17.5 Å². The summed E-state index contributed by atoms with van der Waals surface area (Å²) in [5, 5.41) is 0. The molecule has 1 amide bonds. The second-order valence-electron chi connectivity index (χ2n) is 6.50. The van der Waals surface area contributed by atoms with Gasteiger partial charge in [-0.3, -0.25) is 4.79 Å². The van der Waals surface area contributed by atoms with Crippen LogP contribution in [-0.2, 0) is 14.3 Å². The smallest absolute Gasteiger partial charge is 0.363 e. The van der Waals surface area contributed by atoms with Gasteiger partial charge >= 0.3 is 5.97 Å². The van der Waals surface area contributed by atoms with Gasteiger partial charge in [-0.1, -0.05) is 18.2 Å². The molecule has 4 rings (SSSR count). The van der Waals surface area contributed by atoms with Gasteiger partial charge in [0.1, 0.15) is 5.75 Å². The number of cyclic esters (lactones) is 1. The Bertz CT molecular complexity index is 976. The van der Waals surface area contributed by atoms with E-state index in [0.29, 0.717) is 24.3 Å². The van der Waals surface area contributed by atoms with Crippen molar-refractivity contribution in [1.29, 1.82) is 0 Å². The van der Waals surface area contributed by atoms with E-state index in [1.807, 2.05) is 55.5 Å². The molecule has 142 valence electrons. The first kappa shape index (κ1) is 18.0. The average Bonchev–Trinajstić information content (AvgIpc) is 3.29. The summed E-state index contributed by atoms with van der Waals surface area (Å²) in [6.07, 6.45) is 3.13. The van der Waals surface area contributed by atoms with Crippen molar-refractivity contribution in [2.45, 2.75) is 19.8 Å². The minimum atomic E-state index is -0.500. The van der Waals surface area contributed by atoms with Crippen LogP contribution in [0.3, 0.4) is 0 Å². The number of benzene rings is 2. The highest BCUT2D eigenvalue weighted by atomic mass is 16.6. The van der Waals surface area contributed by atoms with Gasteiger partial charge in [0.25, 0.3) is 0 Å². The molecule has 2 heterocycles. The van der Waals surface area contributed by atoms with Crippen molar-refractivity contribution in [2.24, 2.45) is 4.99 Å². The van der Waals surface area contributed by atoms with Gasteiger partial charge in [0, 0.05) is 29.8 Å². The highest BCUT2D eigenvalue weighted by Crippen LogP contribution is 2.26. The van der Waals surface area contributed by atoms with E-state index < -0.39 is 5.97 Å². The lowest BCUT2D eigenvalue weighted by Crippen LogP contribution is -2.23. The number of hydrogen-bond donors (Lipinski definition) is 0. The molecule has 0 spiro atoms. The monoisotopic (exact) mass is 376 g/mol. The fourth-order valence-electron chi connectivity index (χ4n) is 3.27. The van der Waals surface area contributed by atoms with E-state index >= 15 is 0 Å². The van der Waals surface area contributed by atoms with Gasteiger partial charge in [0.15, 0.2) is 5.70 Å². The van der Waals surface area contributed by atoms with Crippen molar-refractivity contribution in [3.63, 3.8) is 0 Å². The van der Waals surface area contributed by atoms with Gasteiger partial charge in [-0.2, -0.15) is 0 Å². The summed E-state index contributed by atoms with van der Waals surface area (Å²) in [4.78, 5) is 30.2. The molecule has 0 atom stereocenters. The SMILES string of the molecule is CCOc1ccccc1C=C1N=C(c2ccc(N3CCCC3=O)cc2)OC1=O. The number of hydrogen-bond acceptors (Lipinski definition) is 5. The predicted molar refractivity (Wildman–Crippen MR) is 106 cm³/mol. The Hall–Kier alpha value is -3.41. The number of carbonyl (C=O) groups is 2. The van der Waals surface area contributed by atoms with Crippen molar-refractivity contribution in [1.82, 2.24) is 0 Å². The number of carbonyl (C=O) groups excluding carboxylic acids is 2. The second kappa shape index (κ2) is 7.68. The van der Waals surface area contributed by atoms with Crippen LogP contribution in [0.15, 0.2) is 59.2 Å². The molecule has 0 aromatic heterocycles. The summed E-state index contributed by atoms with van der Waals surface area (Å²) >= 11 is 0. The largest absolute Gasteiger partial charge is 0.493 e. The molecule has 2 aliphatic rings. The summed E-state index contributed by atoms with van der Waals surface area (Å²) in [7, 11) is 0. The molecule has 6 nitrogen and oxygen atoms in total. The van der Waals surface area contributed by atoms with Crippen LogP contribution in [0.1, 0.15) is 30.9 Å². The van der Waals surface area contributed by atoms with Crippen LogP contribution < -0.4 is 9.64 Å². The molecule has 1 saturated heterocycles. The number of anilines is 1. The van der Waals surface area contributed by atoms with Crippen molar-refractivity contribution in [3.8, 4) is 5.75 Å². The Morgan fingerprint density at radius 2 is 1.93 bits per heavy atom. The zero-order valence-corrected chi connectivity index (χ0v) is 15.6. The van der Waals surface area contributed by atoms with Crippen LogP contribution >= 0.6 is 0 Å². The molecular weight excluding hydrogens is 356 g/mol. The summed E-state index contributed by atoms with van der Waals surface area (Å²) < 4.78 is 10.9. The molecule has 2 aromatic rings. The lowest BCUT2D eigenvalue weighted by molar-refractivity contribution is -0.130. The third-order valence-corrected chi connectivity index (χ3v) is 4.63. The lowest BCUT2D eigenvalue weighted by atomic mass is 10.1. The van der Waals surface area contributed by atoms with Crippen molar-refractivity contribution >= 4 is 29.5 Å². The van der Waals surface area contributed by atoms with Crippen molar-refractivity contribution in [3.05, 3.63) is 65.4 Å². The van der Waals surface area contributed by atoms with E-state index in [2.05, 4.69) is 4.99 Å². The maximum atomic E-state index is 12.3. The van der Waals surface area contributed by atoms with E-state index in [4.69, 9.17) is 9.47 Å². The van der Waals surface area contributed by atoms with Gasteiger partial charge < -0.3 is 14.4 Å². The second-order valence-corrected chi connectivity index (χ2v) is 6.50. The number of rotatable bonds is 5. The zero-order chi connectivity index (χ0) is 19.5. The van der Waals surface area contributed by atoms with Crippen LogP contribution in [0.25, 0.3) is 6.08 Å². The summed E-state index contributed by atoms with van der Waals surface area (Å²) in [5.74, 6) is 0.577. The van der Waals surface area contributed by atoms with Crippen LogP contribution in [0, 0.1) is 0 Å². The van der Waals surface area contributed by atoms with Crippen molar-refractivity contribution < 1.29 is 19.1 Å². The van der Waals surface area contributed by atoms with Crippen LogP contribution in [0.4, 0.5) is 5.69 Å². The van der Waals surface area contributed by atoms with Crippen molar-refractivity contribution in [2.75, 3.05) is 18.1 Å². The number of aliphatic imine (C=N–C) groups is 1. The average molecular weight is 376 g/mol. The Labute approximate surface area is 163 Å². The first-order valence-electron chi connectivity index (χ1n) is 9.31. The molecular formula is C22H20N2O4. The number of esters is 1. The third-order valence-electron chi connectivity index (χ3n) is 4.63. The topological polar surface area (TPSA) is 68.2 Å². The fraction of sp³-hybridized carbons (Fsp3) is 0.227. The maximum absolute atomic E-state index is 12.3. The van der Waals surface area contributed by atoms with Gasteiger partial charge in [-0.15, -0.1) is 0 Å². The quantitative estimate of drug-likeness (QED) is 0.591. The number of ether oxygens (including phenoxy) is 2. The van der Waals surface area contributed by atoms with E-state index in [0.717, 1.165) is 24.2 Å². The van der Waals surface area contributed by atoms with Gasteiger partial charge in [0.05, 0.1) is 6.61 Å². The normalized spacial score (nSPS) is 17.8. The molecule has 0 N–H and O–H groups in total. The summed E-state index contributed by atoms with van der Waals surface area (Å²) in [6.45, 7) is 3.18. The Balaban J connectivity index is 1.58.